The highest BCUT2D eigenvalue weighted by molar-refractivity contribution is 8.15. The summed E-state index contributed by atoms with van der Waals surface area (Å²) in [7, 11) is 0. The van der Waals surface area contributed by atoms with Gasteiger partial charge in [0.15, 0.2) is 10.9 Å². The number of carbonyl (C=O) groups is 2. The fourth-order valence-corrected chi connectivity index (χ4v) is 3.94. The predicted octanol–water partition coefficient (Wildman–Crippen LogP) is 3.49. The van der Waals surface area contributed by atoms with Crippen LogP contribution in [0.4, 0.5) is 11.4 Å². The van der Waals surface area contributed by atoms with Gasteiger partial charge in [0.25, 0.3) is 5.91 Å². The fraction of sp³-hybridized carbons (Fsp3) is 0.0588. The largest absolute Gasteiger partial charge is 0.508 e. The molecule has 4 rings (SSSR count). The Hall–Kier alpha value is -2.55. The van der Waals surface area contributed by atoms with Gasteiger partial charge >= 0.3 is 0 Å². The summed E-state index contributed by atoms with van der Waals surface area (Å²) in [6.07, 6.45) is 0. The second-order valence-electron chi connectivity index (χ2n) is 5.60. The van der Waals surface area contributed by atoms with Crippen molar-refractivity contribution in [1.29, 1.82) is 0 Å². The van der Waals surface area contributed by atoms with E-state index < -0.39 is 5.91 Å². The van der Waals surface area contributed by atoms with E-state index >= 15 is 0 Å². The molecule has 2 aliphatic heterocycles. The van der Waals surface area contributed by atoms with E-state index in [0.29, 0.717) is 32.2 Å². The van der Waals surface area contributed by atoms with Crippen LogP contribution in [-0.2, 0) is 9.59 Å². The molecule has 0 radical (unpaired) electrons. The second kappa shape index (κ2) is 6.88. The molecule has 0 atom stereocenters. The number of amides is 2. The number of thioether (sulfide) groups is 1. The monoisotopic (exact) mass is 420 g/mol. The summed E-state index contributed by atoms with van der Waals surface area (Å²) in [5.41, 5.74) is 1.33. The van der Waals surface area contributed by atoms with Crippen LogP contribution in [0.15, 0.2) is 46.6 Å². The molecule has 0 bridgehead atoms. The number of nitrogens with one attached hydrogen (secondary N) is 1. The molecule has 7 nitrogen and oxygen atoms in total. The van der Waals surface area contributed by atoms with Crippen molar-refractivity contribution in [3.05, 3.63) is 52.0 Å². The van der Waals surface area contributed by atoms with Gasteiger partial charge in [-0.15, -0.1) is 10.2 Å². The molecule has 2 heterocycles. The smallest absolute Gasteiger partial charge is 0.277 e. The summed E-state index contributed by atoms with van der Waals surface area (Å²) in [4.78, 5) is 25.8. The lowest BCUT2D eigenvalue weighted by Gasteiger charge is -2.15. The van der Waals surface area contributed by atoms with Crippen molar-refractivity contribution in [2.45, 2.75) is 0 Å². The van der Waals surface area contributed by atoms with E-state index in [1.54, 1.807) is 24.3 Å². The number of rotatable bonds is 2. The molecule has 1 fully saturated rings. The number of anilines is 2. The van der Waals surface area contributed by atoms with Crippen LogP contribution in [0.1, 0.15) is 5.56 Å². The van der Waals surface area contributed by atoms with Gasteiger partial charge in [-0.1, -0.05) is 35.0 Å². The number of aromatic hydroxyl groups is 1. The fourth-order valence-electron chi connectivity index (χ4n) is 2.67. The molecule has 10 heteroatoms. The normalized spacial score (nSPS) is 19.1. The van der Waals surface area contributed by atoms with E-state index in [9.17, 15) is 14.7 Å². The first-order valence-corrected chi connectivity index (χ1v) is 9.40. The number of hydrogen-bond donors (Lipinski definition) is 2. The van der Waals surface area contributed by atoms with Crippen molar-refractivity contribution in [1.82, 2.24) is 0 Å². The summed E-state index contributed by atoms with van der Waals surface area (Å²) < 4.78 is 0. The molecule has 1 saturated heterocycles. The number of halogens is 2. The molecule has 0 spiro atoms. The lowest BCUT2D eigenvalue weighted by molar-refractivity contribution is -0.115. The average Bonchev–Trinajstić information content (AvgIpc) is 3.18. The van der Waals surface area contributed by atoms with Crippen molar-refractivity contribution in [3.8, 4) is 5.75 Å². The number of phenols is 1. The quantitative estimate of drug-likeness (QED) is 0.726. The maximum Gasteiger partial charge on any atom is 0.277 e. The Morgan fingerprint density at radius 1 is 1.04 bits per heavy atom. The zero-order valence-electron chi connectivity index (χ0n) is 13.4. The van der Waals surface area contributed by atoms with E-state index in [1.807, 2.05) is 0 Å². The first kappa shape index (κ1) is 17.8. The highest BCUT2D eigenvalue weighted by atomic mass is 35.5. The van der Waals surface area contributed by atoms with E-state index in [2.05, 4.69) is 15.5 Å². The van der Waals surface area contributed by atoms with Crippen LogP contribution in [0.3, 0.4) is 0 Å². The van der Waals surface area contributed by atoms with Crippen LogP contribution in [-0.4, -0.2) is 33.6 Å². The lowest BCUT2D eigenvalue weighted by Crippen LogP contribution is -2.29. The Balaban J connectivity index is 1.74. The number of carbonyl (C=O) groups excluding carboxylic acids is 2. The minimum atomic E-state index is -0.477. The van der Waals surface area contributed by atoms with Crippen molar-refractivity contribution < 1.29 is 14.7 Å². The zero-order valence-corrected chi connectivity index (χ0v) is 15.8. The molecular weight excluding hydrogens is 411 g/mol. The average molecular weight is 421 g/mol. The highest BCUT2D eigenvalue weighted by Gasteiger charge is 2.32. The standard InChI is InChI=1S/C17H10Cl2N4O3S/c18-10-5-6-11(19)14-13(10)15(16(26)20-14)21-22-17-23(12(25)7-27-17)8-1-3-9(24)4-2-8/h1-6,24H,7H2,(H,20,21,26)/b22-17+. The van der Waals surface area contributed by atoms with Gasteiger partial charge in [0.1, 0.15) is 5.75 Å². The van der Waals surface area contributed by atoms with E-state index in [1.165, 1.54) is 28.8 Å². The Morgan fingerprint density at radius 2 is 1.74 bits per heavy atom. The molecule has 2 amide bonds. The summed E-state index contributed by atoms with van der Waals surface area (Å²) in [6.45, 7) is 0. The van der Waals surface area contributed by atoms with E-state index in [-0.39, 0.29) is 23.1 Å². The Bertz CT molecular complexity index is 1040. The van der Waals surface area contributed by atoms with Gasteiger partial charge in [-0.05, 0) is 36.4 Å². The summed E-state index contributed by atoms with van der Waals surface area (Å²) >= 11 is 13.5. The molecule has 0 saturated carbocycles. The van der Waals surface area contributed by atoms with Gasteiger partial charge < -0.3 is 10.4 Å². The molecule has 0 aromatic heterocycles. The zero-order chi connectivity index (χ0) is 19.1. The van der Waals surface area contributed by atoms with Gasteiger partial charge in [-0.3, -0.25) is 14.5 Å². The van der Waals surface area contributed by atoms with Crippen molar-refractivity contribution in [2.75, 3.05) is 16.0 Å². The molecule has 27 heavy (non-hydrogen) atoms. The van der Waals surface area contributed by atoms with Gasteiger partial charge in [0, 0.05) is 0 Å². The van der Waals surface area contributed by atoms with Gasteiger partial charge in [0.2, 0.25) is 5.91 Å². The first-order chi connectivity index (χ1) is 13.0. The molecule has 2 aromatic rings. The molecule has 0 unspecified atom stereocenters. The maximum absolute atomic E-state index is 12.3. The summed E-state index contributed by atoms with van der Waals surface area (Å²) in [5.74, 6) is -0.376. The minimum Gasteiger partial charge on any atom is -0.508 e. The number of hydrogen-bond acceptors (Lipinski definition) is 6. The van der Waals surface area contributed by atoms with Crippen molar-refractivity contribution >= 4 is 69.0 Å². The molecule has 2 aromatic carbocycles. The van der Waals surface area contributed by atoms with Crippen LogP contribution in [0.2, 0.25) is 10.0 Å². The third kappa shape index (κ3) is 3.16. The van der Waals surface area contributed by atoms with Gasteiger partial charge in [-0.2, -0.15) is 0 Å². The first-order valence-electron chi connectivity index (χ1n) is 7.66. The number of phenolic OH excluding ortho intramolecular Hbond substituents is 1. The third-order valence-corrected chi connectivity index (χ3v) is 5.45. The minimum absolute atomic E-state index is 0.0237. The molecule has 2 aliphatic rings. The van der Waals surface area contributed by atoms with Crippen LogP contribution in [0.5, 0.6) is 5.75 Å². The predicted molar refractivity (Wildman–Crippen MR) is 107 cm³/mol. The third-order valence-electron chi connectivity index (χ3n) is 3.90. The maximum atomic E-state index is 12.3. The number of amidine groups is 1. The topological polar surface area (TPSA) is 94.4 Å². The van der Waals surface area contributed by atoms with Gasteiger partial charge in [0.05, 0.1) is 32.7 Å². The van der Waals surface area contributed by atoms with Crippen LogP contribution in [0, 0.1) is 0 Å². The molecular formula is C17H10Cl2N4O3S. The SMILES string of the molecule is O=C1Nc2c(Cl)ccc(Cl)c2/C1=N/N=C1/SCC(=O)N1c1ccc(O)cc1. The van der Waals surface area contributed by atoms with Gasteiger partial charge in [-0.25, -0.2) is 0 Å². The van der Waals surface area contributed by atoms with Crippen molar-refractivity contribution in [3.63, 3.8) is 0 Å². The van der Waals surface area contributed by atoms with Crippen LogP contribution in [0.25, 0.3) is 0 Å². The van der Waals surface area contributed by atoms with Crippen LogP contribution >= 0.6 is 35.0 Å². The highest BCUT2D eigenvalue weighted by Crippen LogP contribution is 2.36. The number of benzene rings is 2. The Kier molecular flexibility index (Phi) is 4.55. The second-order valence-corrected chi connectivity index (χ2v) is 7.36. The molecule has 2 N–H and O–H groups in total. The van der Waals surface area contributed by atoms with Crippen LogP contribution < -0.4 is 10.2 Å². The number of nitrogens with zero attached hydrogens (tertiary/aromatic N) is 3. The molecule has 136 valence electrons. The van der Waals surface area contributed by atoms with E-state index in [4.69, 9.17) is 23.2 Å². The molecule has 0 aliphatic carbocycles. The van der Waals surface area contributed by atoms with E-state index in [0.717, 1.165) is 0 Å². The summed E-state index contributed by atoms with van der Waals surface area (Å²) in [6, 6.07) is 9.28. The lowest BCUT2D eigenvalue weighted by atomic mass is 10.1. The number of fused-ring (bicyclic) bond motifs is 1. The Morgan fingerprint density at radius 3 is 2.48 bits per heavy atom. The van der Waals surface area contributed by atoms with Crippen molar-refractivity contribution in [2.24, 2.45) is 10.2 Å². The Labute approximate surface area is 167 Å². The summed E-state index contributed by atoms with van der Waals surface area (Å²) in [5, 5.41) is 21.2.